The van der Waals surface area contributed by atoms with E-state index in [2.05, 4.69) is 37.9 Å². The molecule has 0 unspecified atom stereocenters. The van der Waals surface area contributed by atoms with Gasteiger partial charge in [0.05, 0.1) is 6.61 Å². The molecule has 1 heterocycles. The van der Waals surface area contributed by atoms with Gasteiger partial charge in [-0.25, -0.2) is 4.98 Å². The predicted octanol–water partition coefficient (Wildman–Crippen LogP) is 3.20. The molecule has 2 rings (SSSR count). The summed E-state index contributed by atoms with van der Waals surface area (Å²) < 4.78 is 6.64. The number of halogens is 1. The molecule has 100 valence electrons. The quantitative estimate of drug-likeness (QED) is 0.791. The Bertz CT molecular complexity index is 545. The second kappa shape index (κ2) is 6.55. The summed E-state index contributed by atoms with van der Waals surface area (Å²) in [4.78, 5) is 8.17. The van der Waals surface area contributed by atoms with Crippen molar-refractivity contribution >= 4 is 39.8 Å². The maximum Gasteiger partial charge on any atom is 0.242 e. The minimum Gasteiger partial charge on any atom is -0.476 e. The lowest BCUT2D eigenvalue weighted by Gasteiger charge is -2.11. The monoisotopic (exact) mass is 370 g/mol. The summed E-state index contributed by atoms with van der Waals surface area (Å²) in [5.41, 5.74) is 7.34. The van der Waals surface area contributed by atoms with Gasteiger partial charge in [0.2, 0.25) is 5.88 Å². The summed E-state index contributed by atoms with van der Waals surface area (Å²) in [5.74, 6) is 0.979. The van der Waals surface area contributed by atoms with E-state index in [0.29, 0.717) is 24.0 Å². The fraction of sp³-hybridized carbons (Fsp3) is 0.231. The standard InChI is InChI=1S/C13H15IN4O/c1-2-7-19-13-11(15)12(16-8-17-13)18-10-5-3-9(14)4-6-10/h3-6,8H,2,7,15H2,1H3,(H,16,17,18). The first-order valence-electron chi connectivity index (χ1n) is 5.96. The zero-order chi connectivity index (χ0) is 13.7. The lowest BCUT2D eigenvalue weighted by Crippen LogP contribution is -2.05. The maximum atomic E-state index is 5.99. The summed E-state index contributed by atoms with van der Waals surface area (Å²) in [5, 5.41) is 3.16. The summed E-state index contributed by atoms with van der Waals surface area (Å²) in [6, 6.07) is 7.95. The van der Waals surface area contributed by atoms with E-state index in [1.165, 1.54) is 9.90 Å². The second-order valence-corrected chi connectivity index (χ2v) is 5.17. The number of ether oxygens (including phenoxy) is 1. The van der Waals surface area contributed by atoms with Gasteiger partial charge in [0.1, 0.15) is 12.0 Å². The van der Waals surface area contributed by atoms with Gasteiger partial charge >= 0.3 is 0 Å². The fourth-order valence-electron chi connectivity index (χ4n) is 1.46. The van der Waals surface area contributed by atoms with Crippen molar-refractivity contribution in [3.63, 3.8) is 0 Å². The summed E-state index contributed by atoms with van der Waals surface area (Å²) >= 11 is 2.26. The minimum absolute atomic E-state index is 0.421. The molecule has 6 heteroatoms. The fourth-order valence-corrected chi connectivity index (χ4v) is 1.82. The molecule has 5 nitrogen and oxygen atoms in total. The second-order valence-electron chi connectivity index (χ2n) is 3.92. The van der Waals surface area contributed by atoms with E-state index in [1.807, 2.05) is 31.2 Å². The van der Waals surface area contributed by atoms with Crippen molar-refractivity contribution in [3.8, 4) is 5.88 Å². The molecule has 0 saturated carbocycles. The van der Waals surface area contributed by atoms with E-state index < -0.39 is 0 Å². The van der Waals surface area contributed by atoms with Crippen LogP contribution in [0.3, 0.4) is 0 Å². The SMILES string of the molecule is CCCOc1ncnc(Nc2ccc(I)cc2)c1N. The third kappa shape index (κ3) is 3.69. The number of aromatic nitrogens is 2. The molecular formula is C13H15IN4O. The van der Waals surface area contributed by atoms with Gasteiger partial charge in [-0.05, 0) is 53.3 Å². The first kappa shape index (κ1) is 13.9. The van der Waals surface area contributed by atoms with Gasteiger partial charge in [0, 0.05) is 9.26 Å². The molecule has 0 spiro atoms. The Morgan fingerprint density at radius 1 is 1.26 bits per heavy atom. The molecule has 0 aliphatic heterocycles. The van der Waals surface area contributed by atoms with Crippen molar-refractivity contribution in [2.24, 2.45) is 0 Å². The third-order valence-electron chi connectivity index (χ3n) is 2.40. The molecule has 0 atom stereocenters. The maximum absolute atomic E-state index is 5.99. The van der Waals surface area contributed by atoms with Crippen LogP contribution in [0, 0.1) is 3.57 Å². The molecule has 1 aromatic heterocycles. The van der Waals surface area contributed by atoms with Crippen molar-refractivity contribution < 1.29 is 4.74 Å². The number of benzene rings is 1. The molecule has 0 saturated heterocycles. The third-order valence-corrected chi connectivity index (χ3v) is 3.12. The van der Waals surface area contributed by atoms with Crippen LogP contribution in [-0.2, 0) is 0 Å². The molecule has 19 heavy (non-hydrogen) atoms. The summed E-state index contributed by atoms with van der Waals surface area (Å²) in [6.07, 6.45) is 2.35. The van der Waals surface area contributed by atoms with Gasteiger partial charge < -0.3 is 15.8 Å². The zero-order valence-corrected chi connectivity index (χ0v) is 12.7. The van der Waals surface area contributed by atoms with Crippen molar-refractivity contribution in [3.05, 3.63) is 34.2 Å². The average molecular weight is 370 g/mol. The number of hydrogen-bond donors (Lipinski definition) is 2. The van der Waals surface area contributed by atoms with Crippen molar-refractivity contribution in [2.45, 2.75) is 13.3 Å². The van der Waals surface area contributed by atoms with Crippen LogP contribution in [-0.4, -0.2) is 16.6 Å². The Labute approximate surface area is 125 Å². The van der Waals surface area contributed by atoms with E-state index in [-0.39, 0.29) is 0 Å². The highest BCUT2D eigenvalue weighted by atomic mass is 127. The predicted molar refractivity (Wildman–Crippen MR) is 84.7 cm³/mol. The van der Waals surface area contributed by atoms with Crippen LogP contribution in [0.5, 0.6) is 5.88 Å². The lowest BCUT2D eigenvalue weighted by atomic mass is 10.3. The van der Waals surface area contributed by atoms with Gasteiger partial charge in [0.15, 0.2) is 5.82 Å². The van der Waals surface area contributed by atoms with E-state index in [0.717, 1.165) is 12.1 Å². The van der Waals surface area contributed by atoms with Crippen LogP contribution in [0.4, 0.5) is 17.2 Å². The first-order valence-corrected chi connectivity index (χ1v) is 7.04. The van der Waals surface area contributed by atoms with E-state index in [9.17, 15) is 0 Å². The molecular weight excluding hydrogens is 355 g/mol. The van der Waals surface area contributed by atoms with Crippen LogP contribution in [0.1, 0.15) is 13.3 Å². The Morgan fingerprint density at radius 3 is 2.68 bits per heavy atom. The topological polar surface area (TPSA) is 73.1 Å². The van der Waals surface area contributed by atoms with Gasteiger partial charge in [-0.15, -0.1) is 0 Å². The van der Waals surface area contributed by atoms with E-state index in [1.54, 1.807) is 0 Å². The highest BCUT2D eigenvalue weighted by molar-refractivity contribution is 14.1. The van der Waals surface area contributed by atoms with E-state index >= 15 is 0 Å². The van der Waals surface area contributed by atoms with Crippen LogP contribution in [0.25, 0.3) is 0 Å². The molecule has 1 aromatic carbocycles. The number of rotatable bonds is 5. The number of nitrogen functional groups attached to an aromatic ring is 1. The van der Waals surface area contributed by atoms with Crippen molar-refractivity contribution in [1.82, 2.24) is 9.97 Å². The summed E-state index contributed by atoms with van der Waals surface area (Å²) in [6.45, 7) is 2.62. The van der Waals surface area contributed by atoms with Crippen LogP contribution < -0.4 is 15.8 Å². The Morgan fingerprint density at radius 2 is 2.00 bits per heavy atom. The van der Waals surface area contributed by atoms with Crippen molar-refractivity contribution in [2.75, 3.05) is 17.7 Å². The molecule has 0 bridgehead atoms. The van der Waals surface area contributed by atoms with Gasteiger partial charge in [-0.1, -0.05) is 6.92 Å². The molecule has 0 fully saturated rings. The molecule has 0 aliphatic rings. The zero-order valence-electron chi connectivity index (χ0n) is 10.6. The van der Waals surface area contributed by atoms with Gasteiger partial charge in [-0.2, -0.15) is 4.98 Å². The number of nitrogens with one attached hydrogen (secondary N) is 1. The number of anilines is 3. The number of nitrogens with two attached hydrogens (primary N) is 1. The lowest BCUT2D eigenvalue weighted by molar-refractivity contribution is 0.307. The highest BCUT2D eigenvalue weighted by Crippen LogP contribution is 2.27. The highest BCUT2D eigenvalue weighted by Gasteiger charge is 2.09. The van der Waals surface area contributed by atoms with Crippen LogP contribution >= 0.6 is 22.6 Å². The normalized spacial score (nSPS) is 10.2. The van der Waals surface area contributed by atoms with Crippen molar-refractivity contribution in [1.29, 1.82) is 0 Å². The van der Waals surface area contributed by atoms with Gasteiger partial charge in [0.25, 0.3) is 0 Å². The van der Waals surface area contributed by atoms with Crippen LogP contribution in [0.15, 0.2) is 30.6 Å². The Kier molecular flexibility index (Phi) is 4.78. The smallest absolute Gasteiger partial charge is 0.242 e. The number of nitrogens with zero attached hydrogens (tertiary/aromatic N) is 2. The first-order chi connectivity index (χ1) is 9.20. The summed E-state index contributed by atoms with van der Waals surface area (Å²) in [7, 11) is 0. The van der Waals surface area contributed by atoms with Crippen LogP contribution in [0.2, 0.25) is 0 Å². The number of hydrogen-bond acceptors (Lipinski definition) is 5. The molecule has 2 aromatic rings. The average Bonchev–Trinajstić information content (AvgIpc) is 2.42. The Hall–Kier alpha value is -1.57. The molecule has 0 aliphatic carbocycles. The van der Waals surface area contributed by atoms with Gasteiger partial charge in [-0.3, -0.25) is 0 Å². The molecule has 0 amide bonds. The minimum atomic E-state index is 0.421. The van der Waals surface area contributed by atoms with E-state index in [4.69, 9.17) is 10.5 Å². The largest absolute Gasteiger partial charge is 0.476 e. The molecule has 0 radical (unpaired) electrons. The molecule has 3 N–H and O–H groups in total. The Balaban J connectivity index is 2.18.